The normalized spacial score (nSPS) is 15.4. The van der Waals surface area contributed by atoms with E-state index in [1.165, 1.54) is 0 Å². The predicted octanol–water partition coefficient (Wildman–Crippen LogP) is 1.30. The average Bonchev–Trinajstić information content (AvgIpc) is 2.66. The first-order valence-corrected chi connectivity index (χ1v) is 5.79. The first kappa shape index (κ1) is 13.6. The van der Waals surface area contributed by atoms with E-state index < -0.39 is 23.6 Å². The van der Waals surface area contributed by atoms with Crippen molar-refractivity contribution in [3.8, 4) is 0 Å². The van der Waals surface area contributed by atoms with Gasteiger partial charge < -0.3 is 5.73 Å². The number of Topliss-reactive ketones (excluding diaryl/α,β-unsaturated/α-hetero) is 1. The smallest absolute Gasteiger partial charge is 0.370 e. The highest BCUT2D eigenvalue weighted by Gasteiger charge is 2.42. The molecule has 1 aliphatic carbocycles. The molecule has 104 valence electrons. The van der Waals surface area contributed by atoms with Crippen LogP contribution in [0.1, 0.15) is 41.0 Å². The van der Waals surface area contributed by atoms with Gasteiger partial charge in [0.1, 0.15) is 0 Å². The SMILES string of the molecule is NC(=O)CCn1nc(C(F)(F)F)c2c1CCCC2=O. The molecule has 1 aromatic heterocycles. The molecule has 1 amide bonds. The molecule has 0 bridgehead atoms. The third-order valence-corrected chi connectivity index (χ3v) is 2.99. The van der Waals surface area contributed by atoms with Gasteiger partial charge in [0.2, 0.25) is 5.91 Å². The van der Waals surface area contributed by atoms with Crippen molar-refractivity contribution in [2.24, 2.45) is 5.73 Å². The second-order valence-electron chi connectivity index (χ2n) is 4.38. The fourth-order valence-corrected chi connectivity index (χ4v) is 2.18. The fraction of sp³-hybridized carbons (Fsp3) is 0.545. The quantitative estimate of drug-likeness (QED) is 0.903. The predicted molar refractivity (Wildman–Crippen MR) is 58.3 cm³/mol. The molecule has 0 saturated heterocycles. The number of nitrogens with two attached hydrogens (primary N) is 1. The van der Waals surface area contributed by atoms with Crippen LogP contribution in [0.15, 0.2) is 0 Å². The van der Waals surface area contributed by atoms with Crippen LogP contribution in [0.3, 0.4) is 0 Å². The Morgan fingerprint density at radius 1 is 1.37 bits per heavy atom. The Balaban J connectivity index is 2.46. The Labute approximate surface area is 106 Å². The molecule has 19 heavy (non-hydrogen) atoms. The molecule has 0 atom stereocenters. The minimum Gasteiger partial charge on any atom is -0.370 e. The van der Waals surface area contributed by atoms with Crippen LogP contribution in [-0.4, -0.2) is 21.5 Å². The lowest BCUT2D eigenvalue weighted by molar-refractivity contribution is -0.141. The number of aryl methyl sites for hydroxylation is 1. The molecule has 0 aliphatic heterocycles. The van der Waals surface area contributed by atoms with Gasteiger partial charge in [-0.25, -0.2) is 0 Å². The Morgan fingerprint density at radius 2 is 2.05 bits per heavy atom. The summed E-state index contributed by atoms with van der Waals surface area (Å²) < 4.78 is 39.6. The van der Waals surface area contributed by atoms with Gasteiger partial charge in [0.25, 0.3) is 0 Å². The summed E-state index contributed by atoms with van der Waals surface area (Å²) in [4.78, 5) is 22.4. The van der Waals surface area contributed by atoms with E-state index >= 15 is 0 Å². The molecule has 1 aliphatic rings. The van der Waals surface area contributed by atoms with Gasteiger partial charge in [-0.3, -0.25) is 14.3 Å². The number of amides is 1. The third kappa shape index (κ3) is 2.61. The molecule has 1 aromatic rings. The summed E-state index contributed by atoms with van der Waals surface area (Å²) in [5, 5.41) is 3.45. The van der Waals surface area contributed by atoms with E-state index in [1.807, 2.05) is 0 Å². The van der Waals surface area contributed by atoms with Gasteiger partial charge in [-0.1, -0.05) is 0 Å². The number of hydrogen-bond donors (Lipinski definition) is 1. The lowest BCUT2D eigenvalue weighted by atomic mass is 9.94. The minimum atomic E-state index is -4.67. The van der Waals surface area contributed by atoms with Crippen molar-refractivity contribution >= 4 is 11.7 Å². The topological polar surface area (TPSA) is 78.0 Å². The van der Waals surface area contributed by atoms with Gasteiger partial charge in [0, 0.05) is 25.1 Å². The van der Waals surface area contributed by atoms with E-state index in [0.717, 1.165) is 4.68 Å². The number of fused-ring (bicyclic) bond motifs is 1. The van der Waals surface area contributed by atoms with E-state index in [9.17, 15) is 22.8 Å². The summed E-state index contributed by atoms with van der Waals surface area (Å²) in [5.41, 5.74) is 3.72. The number of halogens is 3. The summed E-state index contributed by atoms with van der Waals surface area (Å²) in [6.07, 6.45) is -3.85. The maximum absolute atomic E-state index is 12.8. The van der Waals surface area contributed by atoms with Crippen molar-refractivity contribution in [1.29, 1.82) is 0 Å². The zero-order valence-electron chi connectivity index (χ0n) is 9.96. The zero-order chi connectivity index (χ0) is 14.2. The van der Waals surface area contributed by atoms with Crippen molar-refractivity contribution < 1.29 is 22.8 Å². The second kappa shape index (κ2) is 4.67. The fourth-order valence-electron chi connectivity index (χ4n) is 2.18. The first-order chi connectivity index (χ1) is 8.80. The van der Waals surface area contributed by atoms with Gasteiger partial charge >= 0.3 is 6.18 Å². The van der Waals surface area contributed by atoms with Crippen LogP contribution >= 0.6 is 0 Å². The highest BCUT2D eigenvalue weighted by atomic mass is 19.4. The van der Waals surface area contributed by atoms with Gasteiger partial charge in [0.15, 0.2) is 11.5 Å². The van der Waals surface area contributed by atoms with E-state index in [0.29, 0.717) is 12.8 Å². The van der Waals surface area contributed by atoms with Crippen LogP contribution in [-0.2, 0) is 23.9 Å². The number of hydrogen-bond acceptors (Lipinski definition) is 3. The molecular weight excluding hydrogens is 263 g/mol. The van der Waals surface area contributed by atoms with E-state index in [1.54, 1.807) is 0 Å². The van der Waals surface area contributed by atoms with Crippen LogP contribution in [0.5, 0.6) is 0 Å². The molecule has 5 nitrogen and oxygen atoms in total. The largest absolute Gasteiger partial charge is 0.435 e. The highest BCUT2D eigenvalue weighted by molar-refractivity contribution is 5.99. The van der Waals surface area contributed by atoms with Gasteiger partial charge in [0.05, 0.1) is 5.56 Å². The summed E-state index contributed by atoms with van der Waals surface area (Å²) in [6.45, 7) is -0.0406. The summed E-state index contributed by atoms with van der Waals surface area (Å²) in [6, 6.07) is 0. The monoisotopic (exact) mass is 275 g/mol. The molecule has 2 rings (SSSR count). The van der Waals surface area contributed by atoms with Crippen molar-refractivity contribution in [2.45, 2.75) is 38.4 Å². The summed E-state index contributed by atoms with van der Waals surface area (Å²) in [5.74, 6) is -1.17. The summed E-state index contributed by atoms with van der Waals surface area (Å²) >= 11 is 0. The lowest BCUT2D eigenvalue weighted by Crippen LogP contribution is -2.18. The minimum absolute atomic E-state index is 0.0406. The average molecular weight is 275 g/mol. The number of rotatable bonds is 3. The number of carbonyl (C=O) groups excluding carboxylic acids is 2. The van der Waals surface area contributed by atoms with Gasteiger partial charge in [-0.05, 0) is 12.8 Å². The van der Waals surface area contributed by atoms with Crippen LogP contribution in [0, 0.1) is 0 Å². The molecule has 0 unspecified atom stereocenters. The number of aromatic nitrogens is 2. The summed E-state index contributed by atoms with van der Waals surface area (Å²) in [7, 11) is 0. The Bertz CT molecular complexity index is 534. The number of nitrogens with zero attached hydrogens (tertiary/aromatic N) is 2. The van der Waals surface area contributed by atoms with Crippen LogP contribution in [0.2, 0.25) is 0 Å². The molecule has 0 aromatic carbocycles. The third-order valence-electron chi connectivity index (χ3n) is 2.99. The number of carbonyl (C=O) groups is 2. The Morgan fingerprint density at radius 3 is 2.63 bits per heavy atom. The molecule has 0 radical (unpaired) electrons. The Hall–Kier alpha value is -1.86. The maximum Gasteiger partial charge on any atom is 0.435 e. The van der Waals surface area contributed by atoms with E-state index in [4.69, 9.17) is 5.73 Å². The van der Waals surface area contributed by atoms with Crippen molar-refractivity contribution in [1.82, 2.24) is 9.78 Å². The lowest BCUT2D eigenvalue weighted by Gasteiger charge is -2.13. The molecular formula is C11H12F3N3O2. The number of alkyl halides is 3. The molecule has 0 saturated carbocycles. The van der Waals surface area contributed by atoms with Crippen molar-refractivity contribution in [3.63, 3.8) is 0 Å². The maximum atomic E-state index is 12.8. The molecule has 8 heteroatoms. The van der Waals surface area contributed by atoms with Gasteiger partial charge in [-0.15, -0.1) is 0 Å². The first-order valence-electron chi connectivity index (χ1n) is 5.79. The number of ketones is 1. The zero-order valence-corrected chi connectivity index (χ0v) is 9.96. The van der Waals surface area contributed by atoms with Crippen LogP contribution in [0.25, 0.3) is 0 Å². The van der Waals surface area contributed by atoms with Crippen molar-refractivity contribution in [3.05, 3.63) is 17.0 Å². The molecule has 2 N–H and O–H groups in total. The molecule has 0 fully saturated rings. The second-order valence-corrected chi connectivity index (χ2v) is 4.38. The van der Waals surface area contributed by atoms with Crippen LogP contribution in [0.4, 0.5) is 13.2 Å². The number of primary amides is 1. The van der Waals surface area contributed by atoms with Gasteiger partial charge in [-0.2, -0.15) is 18.3 Å². The molecule has 0 spiro atoms. The molecule has 1 heterocycles. The Kier molecular flexibility index (Phi) is 3.34. The van der Waals surface area contributed by atoms with E-state index in [2.05, 4.69) is 5.10 Å². The highest BCUT2D eigenvalue weighted by Crippen LogP contribution is 2.35. The van der Waals surface area contributed by atoms with Crippen molar-refractivity contribution in [2.75, 3.05) is 0 Å². The van der Waals surface area contributed by atoms with E-state index in [-0.39, 0.29) is 30.6 Å². The van der Waals surface area contributed by atoms with Crippen LogP contribution < -0.4 is 5.73 Å². The standard InChI is InChI=1S/C11H12F3N3O2/c12-11(13,14)10-9-6(2-1-3-7(9)18)17(16-10)5-4-8(15)19/h1-5H2,(H2,15,19).